The maximum atomic E-state index is 12.7. The van der Waals surface area contributed by atoms with Crippen LogP contribution in [0.15, 0.2) is 45.5 Å². The molecule has 2 aromatic rings. The van der Waals surface area contributed by atoms with Gasteiger partial charge in [0.25, 0.3) is 10.0 Å². The molecule has 0 unspecified atom stereocenters. The summed E-state index contributed by atoms with van der Waals surface area (Å²) < 4.78 is 27.6. The molecule has 152 valence electrons. The average molecular weight is 458 g/mol. The minimum atomic E-state index is -3.85. The van der Waals surface area contributed by atoms with Gasteiger partial charge in [-0.3, -0.25) is 9.52 Å². The molecule has 1 amide bonds. The maximum Gasteiger partial charge on any atom is 0.264 e. The number of sulfonamides is 1. The Morgan fingerprint density at radius 1 is 1.29 bits per heavy atom. The quantitative estimate of drug-likeness (QED) is 0.438. The third kappa shape index (κ3) is 5.69. The van der Waals surface area contributed by atoms with Gasteiger partial charge in [0.15, 0.2) is 5.11 Å². The van der Waals surface area contributed by atoms with Crippen molar-refractivity contribution in [3.8, 4) is 0 Å². The summed E-state index contributed by atoms with van der Waals surface area (Å²) in [6.45, 7) is 3.87. The first-order valence-electron chi connectivity index (χ1n) is 8.35. The van der Waals surface area contributed by atoms with Gasteiger partial charge in [-0.25, -0.2) is 8.42 Å². The van der Waals surface area contributed by atoms with Crippen molar-refractivity contribution in [2.45, 2.75) is 35.6 Å². The largest absolute Gasteiger partial charge is 0.365 e. The van der Waals surface area contributed by atoms with Crippen LogP contribution >= 0.6 is 35.3 Å². The highest BCUT2D eigenvalue weighted by molar-refractivity contribution is 7.99. The highest BCUT2D eigenvalue weighted by Gasteiger charge is 2.25. The van der Waals surface area contributed by atoms with Crippen molar-refractivity contribution < 1.29 is 13.2 Å². The second-order valence-corrected chi connectivity index (χ2v) is 10.4. The minimum absolute atomic E-state index is 0.00731. The fraction of sp³-hybridized carbons (Fsp3) is 0.333. The van der Waals surface area contributed by atoms with Crippen LogP contribution < -0.4 is 15.4 Å². The summed E-state index contributed by atoms with van der Waals surface area (Å²) in [5.74, 6) is -0.183. The number of carbonyl (C=O) groups excluding carboxylic acids is 1. The van der Waals surface area contributed by atoms with Gasteiger partial charge >= 0.3 is 0 Å². The predicted molar refractivity (Wildman–Crippen MR) is 119 cm³/mol. The van der Waals surface area contributed by atoms with Crippen molar-refractivity contribution in [3.05, 3.63) is 46.2 Å². The van der Waals surface area contributed by atoms with Crippen molar-refractivity contribution in [2.24, 2.45) is 0 Å². The lowest BCUT2D eigenvalue weighted by Crippen LogP contribution is -2.41. The lowest BCUT2D eigenvalue weighted by atomic mass is 10.0. The first-order chi connectivity index (χ1) is 13.1. The van der Waals surface area contributed by atoms with Crippen molar-refractivity contribution in [1.29, 1.82) is 0 Å². The Kier molecular flexibility index (Phi) is 7.49. The maximum absolute atomic E-state index is 12.7. The molecule has 1 aromatic heterocycles. The Hall–Kier alpha value is -1.62. The van der Waals surface area contributed by atoms with E-state index in [2.05, 4.69) is 15.4 Å². The second-order valence-electron chi connectivity index (χ2n) is 6.50. The molecule has 2 rings (SSSR count). The number of amides is 1. The number of hydrogen-bond donors (Lipinski definition) is 3. The number of carbonyl (C=O) groups is 1. The lowest BCUT2D eigenvalue weighted by Gasteiger charge is -2.25. The van der Waals surface area contributed by atoms with E-state index in [1.807, 2.05) is 31.4 Å². The average Bonchev–Trinajstić information content (AvgIpc) is 3.16. The Bertz CT molecular complexity index is 954. The molecule has 0 atom stereocenters. The minimum Gasteiger partial charge on any atom is -0.365 e. The smallest absolute Gasteiger partial charge is 0.264 e. The molecule has 0 saturated heterocycles. The molecule has 0 radical (unpaired) electrons. The Labute approximate surface area is 179 Å². The van der Waals surface area contributed by atoms with Gasteiger partial charge in [-0.1, -0.05) is 12.1 Å². The van der Waals surface area contributed by atoms with Crippen LogP contribution in [0.4, 0.5) is 0 Å². The summed E-state index contributed by atoms with van der Waals surface area (Å²) >= 11 is 7.80. The Morgan fingerprint density at radius 3 is 2.57 bits per heavy atom. The van der Waals surface area contributed by atoms with E-state index >= 15 is 0 Å². The normalized spacial score (nSPS) is 11.7. The van der Waals surface area contributed by atoms with E-state index < -0.39 is 15.6 Å². The third-order valence-corrected chi connectivity index (χ3v) is 7.87. The van der Waals surface area contributed by atoms with E-state index in [0.717, 1.165) is 4.88 Å². The van der Waals surface area contributed by atoms with Crippen LogP contribution in [-0.4, -0.2) is 32.7 Å². The highest BCUT2D eigenvalue weighted by Crippen LogP contribution is 2.27. The van der Waals surface area contributed by atoms with Gasteiger partial charge in [0.05, 0.1) is 12.0 Å². The van der Waals surface area contributed by atoms with E-state index in [9.17, 15) is 13.2 Å². The first-order valence-corrected chi connectivity index (χ1v) is 12.3. The zero-order chi connectivity index (χ0) is 20.9. The van der Waals surface area contributed by atoms with Crippen molar-refractivity contribution >= 4 is 56.4 Å². The monoisotopic (exact) mass is 457 g/mol. The summed E-state index contributed by atoms with van der Waals surface area (Å²) in [4.78, 5) is 14.3. The van der Waals surface area contributed by atoms with E-state index in [-0.39, 0.29) is 22.3 Å². The third-order valence-electron chi connectivity index (χ3n) is 3.93. The molecule has 6 nitrogen and oxygen atoms in total. The number of thiocarbonyl (C=S) groups is 1. The second kappa shape index (κ2) is 9.25. The standard InChI is InChI=1S/C18H23N3O3S4/c1-18(2,15-6-5-9-27-15)20-16(22)11-12-7-8-13(26-4)14(10-12)28(23,24)21-17(25)19-3/h5-10H,11H2,1-4H3,(H,20,22)(H2,19,21,25). The van der Waals surface area contributed by atoms with Crippen LogP contribution in [-0.2, 0) is 26.8 Å². The summed E-state index contributed by atoms with van der Waals surface area (Å²) in [6.07, 6.45) is 1.86. The van der Waals surface area contributed by atoms with Crippen molar-refractivity contribution in [2.75, 3.05) is 13.3 Å². The number of thiophene rings is 1. The highest BCUT2D eigenvalue weighted by atomic mass is 32.2. The van der Waals surface area contributed by atoms with Crippen molar-refractivity contribution in [3.63, 3.8) is 0 Å². The summed E-state index contributed by atoms with van der Waals surface area (Å²) in [6, 6.07) is 8.89. The summed E-state index contributed by atoms with van der Waals surface area (Å²) in [5, 5.41) is 7.56. The number of nitrogens with one attached hydrogen (secondary N) is 3. The molecule has 0 aliphatic heterocycles. The van der Waals surface area contributed by atoms with Crippen LogP contribution in [0, 0.1) is 0 Å². The molecule has 0 fully saturated rings. The molecule has 28 heavy (non-hydrogen) atoms. The molecular formula is C18H23N3O3S4. The van der Waals surface area contributed by atoms with Gasteiger partial charge in [0.1, 0.15) is 4.90 Å². The molecule has 0 aliphatic carbocycles. The zero-order valence-corrected chi connectivity index (χ0v) is 19.3. The van der Waals surface area contributed by atoms with E-state index in [4.69, 9.17) is 12.2 Å². The van der Waals surface area contributed by atoms with Gasteiger partial charge in [-0.15, -0.1) is 23.1 Å². The molecule has 1 aromatic carbocycles. The topological polar surface area (TPSA) is 87.3 Å². The molecule has 0 saturated carbocycles. The van der Waals surface area contributed by atoms with Gasteiger partial charge in [0.2, 0.25) is 5.91 Å². The summed E-state index contributed by atoms with van der Waals surface area (Å²) in [7, 11) is -2.31. The fourth-order valence-corrected chi connectivity index (χ4v) is 5.82. The number of rotatable bonds is 7. The molecule has 0 bridgehead atoms. The Balaban J connectivity index is 2.23. The van der Waals surface area contributed by atoms with Gasteiger partial charge in [0, 0.05) is 16.8 Å². The van der Waals surface area contributed by atoms with Crippen LogP contribution in [0.25, 0.3) is 0 Å². The molecular weight excluding hydrogens is 434 g/mol. The van der Waals surface area contributed by atoms with Gasteiger partial charge in [-0.05, 0) is 61.5 Å². The summed E-state index contributed by atoms with van der Waals surface area (Å²) in [5.41, 5.74) is 0.105. The molecule has 0 aliphatic rings. The predicted octanol–water partition coefficient (Wildman–Crippen LogP) is 2.85. The molecule has 10 heteroatoms. The van der Waals surface area contributed by atoms with Crippen LogP contribution in [0.3, 0.4) is 0 Å². The van der Waals surface area contributed by atoms with Gasteiger partial charge < -0.3 is 10.6 Å². The van der Waals surface area contributed by atoms with E-state index in [1.54, 1.807) is 29.7 Å². The molecule has 3 N–H and O–H groups in total. The van der Waals surface area contributed by atoms with Crippen molar-refractivity contribution in [1.82, 2.24) is 15.4 Å². The van der Waals surface area contributed by atoms with Crippen LogP contribution in [0.1, 0.15) is 24.3 Å². The SMILES string of the molecule is CNC(=S)NS(=O)(=O)c1cc(CC(=O)NC(C)(C)c2cccs2)ccc1SC. The van der Waals surface area contributed by atoms with Crippen LogP contribution in [0.2, 0.25) is 0 Å². The fourth-order valence-electron chi connectivity index (χ4n) is 2.54. The van der Waals surface area contributed by atoms with Gasteiger partial charge in [-0.2, -0.15) is 0 Å². The number of hydrogen-bond acceptors (Lipinski definition) is 6. The molecule has 0 spiro atoms. The van der Waals surface area contributed by atoms with E-state index in [1.165, 1.54) is 24.9 Å². The zero-order valence-electron chi connectivity index (χ0n) is 16.0. The lowest BCUT2D eigenvalue weighted by molar-refractivity contribution is -0.122. The first kappa shape index (κ1) is 22.7. The van der Waals surface area contributed by atoms with Crippen LogP contribution in [0.5, 0.6) is 0 Å². The molecule has 1 heterocycles. The number of benzene rings is 1. The van der Waals surface area contributed by atoms with E-state index in [0.29, 0.717) is 10.5 Å². The Morgan fingerprint density at radius 2 is 2.00 bits per heavy atom. The number of thioether (sulfide) groups is 1.